The number of aliphatic imine (C=N–C) groups is 1. The van der Waals surface area contributed by atoms with Crippen molar-refractivity contribution in [2.24, 2.45) is 4.99 Å². The third-order valence-corrected chi connectivity index (χ3v) is 4.25. The van der Waals surface area contributed by atoms with Crippen molar-refractivity contribution in [1.29, 1.82) is 0 Å². The summed E-state index contributed by atoms with van der Waals surface area (Å²) in [7, 11) is 0. The number of carboxylic acids is 1. The summed E-state index contributed by atoms with van der Waals surface area (Å²) in [6.07, 6.45) is 1.14. The molecule has 142 valence electrons. The number of aromatic nitrogens is 2. The number of aromatic carboxylic acids is 1. The summed E-state index contributed by atoms with van der Waals surface area (Å²) >= 11 is 0. The van der Waals surface area contributed by atoms with Crippen molar-refractivity contribution in [2.75, 3.05) is 0 Å². The molecule has 1 heterocycles. The summed E-state index contributed by atoms with van der Waals surface area (Å²) in [5.74, 6) is -1.59. The fourth-order valence-electron chi connectivity index (χ4n) is 2.76. The molecule has 3 N–H and O–H groups in total. The fraction of sp³-hybridized carbons (Fsp3) is 0.100. The van der Waals surface area contributed by atoms with E-state index in [1.807, 2.05) is 0 Å². The second-order valence-corrected chi connectivity index (χ2v) is 6.18. The number of benzene rings is 2. The van der Waals surface area contributed by atoms with Crippen LogP contribution in [0, 0.1) is 13.8 Å². The Hall–Kier alpha value is -3.94. The normalized spacial score (nSPS) is 11.1. The second-order valence-electron chi connectivity index (χ2n) is 6.18. The number of para-hydroxylation sites is 1. The lowest BCUT2D eigenvalue weighted by atomic mass is 10.1. The van der Waals surface area contributed by atoms with Crippen LogP contribution in [0.2, 0.25) is 0 Å². The van der Waals surface area contributed by atoms with Crippen LogP contribution in [0.5, 0.6) is 5.88 Å². The molecule has 0 aliphatic carbocycles. The number of hydrogen-bond donors (Lipinski definition) is 3. The van der Waals surface area contributed by atoms with Gasteiger partial charge in [0.15, 0.2) is 0 Å². The van der Waals surface area contributed by atoms with E-state index in [2.05, 4.69) is 9.98 Å². The first-order valence-corrected chi connectivity index (χ1v) is 8.32. The topological polar surface area (TPSA) is 125 Å². The number of nitrogens with zero attached hydrogens (tertiary/aromatic N) is 2. The number of H-pyrrole nitrogens is 1. The average Bonchev–Trinajstić information content (AvgIpc) is 2.63. The van der Waals surface area contributed by atoms with Crippen LogP contribution in [0.25, 0.3) is 5.69 Å². The van der Waals surface area contributed by atoms with E-state index in [0.29, 0.717) is 16.9 Å². The van der Waals surface area contributed by atoms with Gasteiger partial charge >= 0.3 is 11.7 Å². The minimum Gasteiger partial charge on any atom is -0.493 e. The average molecular weight is 379 g/mol. The van der Waals surface area contributed by atoms with Crippen LogP contribution in [0.15, 0.2) is 57.0 Å². The molecule has 8 nitrogen and oxygen atoms in total. The number of aryl methyl sites for hydroxylation is 2. The summed E-state index contributed by atoms with van der Waals surface area (Å²) in [6, 6.07) is 11.3. The van der Waals surface area contributed by atoms with Crippen molar-refractivity contribution in [2.45, 2.75) is 13.8 Å². The highest BCUT2D eigenvalue weighted by molar-refractivity contribution is 5.89. The van der Waals surface area contributed by atoms with Gasteiger partial charge in [-0.25, -0.2) is 14.2 Å². The van der Waals surface area contributed by atoms with Gasteiger partial charge < -0.3 is 10.2 Å². The van der Waals surface area contributed by atoms with E-state index >= 15 is 0 Å². The molecule has 2 aromatic carbocycles. The molecule has 3 rings (SSSR count). The Morgan fingerprint density at radius 3 is 2.46 bits per heavy atom. The Morgan fingerprint density at radius 2 is 1.82 bits per heavy atom. The van der Waals surface area contributed by atoms with Gasteiger partial charge in [-0.15, -0.1) is 0 Å². The molecule has 28 heavy (non-hydrogen) atoms. The van der Waals surface area contributed by atoms with E-state index in [1.54, 1.807) is 38.1 Å². The van der Waals surface area contributed by atoms with Crippen molar-refractivity contribution in [3.8, 4) is 11.6 Å². The zero-order valence-electron chi connectivity index (χ0n) is 15.1. The maximum Gasteiger partial charge on any atom is 0.335 e. The predicted octanol–water partition coefficient (Wildman–Crippen LogP) is 2.30. The molecule has 0 bridgehead atoms. The van der Waals surface area contributed by atoms with Gasteiger partial charge in [0.1, 0.15) is 5.56 Å². The molecule has 0 aliphatic rings. The number of nitrogens with one attached hydrogen (secondary N) is 1. The molecule has 3 aromatic rings. The number of aromatic amines is 1. The third-order valence-electron chi connectivity index (χ3n) is 4.25. The van der Waals surface area contributed by atoms with Gasteiger partial charge in [-0.1, -0.05) is 18.2 Å². The van der Waals surface area contributed by atoms with Gasteiger partial charge in [0.05, 0.1) is 16.9 Å². The molecule has 0 spiro atoms. The SMILES string of the molecule is Cc1cc(C(=O)O)ccc1N=Cc1c(O)n(-c2ccccc2C)c(=O)[nH]c1=O. The maximum atomic E-state index is 12.2. The van der Waals surface area contributed by atoms with Gasteiger partial charge in [-0.3, -0.25) is 14.8 Å². The van der Waals surface area contributed by atoms with Gasteiger partial charge in [0.25, 0.3) is 5.56 Å². The van der Waals surface area contributed by atoms with Crippen molar-refractivity contribution < 1.29 is 15.0 Å². The summed E-state index contributed by atoms with van der Waals surface area (Å²) < 4.78 is 0.998. The van der Waals surface area contributed by atoms with Crippen LogP contribution < -0.4 is 11.2 Å². The van der Waals surface area contributed by atoms with Crippen molar-refractivity contribution >= 4 is 17.9 Å². The van der Waals surface area contributed by atoms with Crippen molar-refractivity contribution in [3.63, 3.8) is 0 Å². The molecule has 0 radical (unpaired) electrons. The van der Waals surface area contributed by atoms with Gasteiger partial charge in [-0.05, 0) is 49.2 Å². The van der Waals surface area contributed by atoms with Crippen molar-refractivity contribution in [1.82, 2.24) is 9.55 Å². The molecule has 0 amide bonds. The molecule has 0 fully saturated rings. The van der Waals surface area contributed by atoms with Crippen LogP contribution in [0.4, 0.5) is 5.69 Å². The van der Waals surface area contributed by atoms with E-state index in [-0.39, 0.29) is 11.1 Å². The minimum atomic E-state index is -1.06. The van der Waals surface area contributed by atoms with E-state index in [1.165, 1.54) is 18.2 Å². The van der Waals surface area contributed by atoms with E-state index in [4.69, 9.17) is 5.11 Å². The summed E-state index contributed by atoms with van der Waals surface area (Å²) in [5, 5.41) is 19.6. The molecule has 0 saturated heterocycles. The lowest BCUT2D eigenvalue weighted by Gasteiger charge is -2.11. The fourth-order valence-corrected chi connectivity index (χ4v) is 2.76. The van der Waals surface area contributed by atoms with Crippen LogP contribution in [-0.4, -0.2) is 31.9 Å². The number of carbonyl (C=O) groups is 1. The Morgan fingerprint density at radius 1 is 1.11 bits per heavy atom. The van der Waals surface area contributed by atoms with Crippen LogP contribution >= 0.6 is 0 Å². The highest BCUT2D eigenvalue weighted by atomic mass is 16.4. The first-order chi connectivity index (χ1) is 13.3. The Kier molecular flexibility index (Phi) is 4.95. The van der Waals surface area contributed by atoms with E-state index in [0.717, 1.165) is 16.3 Å². The molecule has 1 aromatic heterocycles. The first kappa shape index (κ1) is 18.8. The number of rotatable bonds is 4. The largest absolute Gasteiger partial charge is 0.493 e. The Labute approximate surface area is 159 Å². The zero-order valence-corrected chi connectivity index (χ0v) is 15.1. The van der Waals surface area contributed by atoms with Crippen LogP contribution in [0.3, 0.4) is 0 Å². The van der Waals surface area contributed by atoms with E-state index in [9.17, 15) is 19.5 Å². The minimum absolute atomic E-state index is 0.116. The first-order valence-electron chi connectivity index (χ1n) is 8.32. The number of hydrogen-bond acceptors (Lipinski definition) is 5. The summed E-state index contributed by atoms with van der Waals surface area (Å²) in [5.41, 5.74) is 0.547. The molecule has 0 atom stereocenters. The Bertz CT molecular complexity index is 1220. The Balaban J connectivity index is 2.11. The molecule has 0 saturated carbocycles. The summed E-state index contributed by atoms with van der Waals surface area (Å²) in [6.45, 7) is 3.45. The van der Waals surface area contributed by atoms with Crippen LogP contribution in [0.1, 0.15) is 27.0 Å². The van der Waals surface area contributed by atoms with Gasteiger partial charge in [0, 0.05) is 6.21 Å². The lowest BCUT2D eigenvalue weighted by Crippen LogP contribution is -2.31. The number of aromatic hydroxyl groups is 1. The van der Waals surface area contributed by atoms with Crippen molar-refractivity contribution in [3.05, 3.63) is 85.6 Å². The second kappa shape index (κ2) is 7.36. The monoisotopic (exact) mass is 379 g/mol. The predicted molar refractivity (Wildman–Crippen MR) is 104 cm³/mol. The molecular formula is C20H17N3O5. The number of carboxylic acid groups (broad SMARTS) is 1. The maximum absolute atomic E-state index is 12.2. The van der Waals surface area contributed by atoms with Gasteiger partial charge in [-0.2, -0.15) is 0 Å². The highest BCUT2D eigenvalue weighted by Gasteiger charge is 2.15. The molecule has 8 heteroatoms. The van der Waals surface area contributed by atoms with Crippen LogP contribution in [-0.2, 0) is 0 Å². The quantitative estimate of drug-likeness (QED) is 0.600. The standard InChI is InChI=1S/C20H17N3O5/c1-11-5-3-4-6-16(11)23-18(25)14(17(24)22-20(23)28)10-21-15-8-7-13(19(26)27)9-12(15)2/h3-10,25H,1-2H3,(H,26,27)(H,22,24,28). The molecule has 0 aliphatic heterocycles. The third kappa shape index (κ3) is 3.48. The smallest absolute Gasteiger partial charge is 0.335 e. The van der Waals surface area contributed by atoms with E-state index < -0.39 is 23.1 Å². The van der Waals surface area contributed by atoms with Gasteiger partial charge in [0.2, 0.25) is 5.88 Å². The lowest BCUT2D eigenvalue weighted by molar-refractivity contribution is 0.0697. The molecular weight excluding hydrogens is 362 g/mol. The highest BCUT2D eigenvalue weighted by Crippen LogP contribution is 2.22. The summed E-state index contributed by atoms with van der Waals surface area (Å²) in [4.78, 5) is 41.8. The molecule has 0 unspecified atom stereocenters. The zero-order chi connectivity index (χ0) is 20.4.